The first-order valence-corrected chi connectivity index (χ1v) is 8.84. The van der Waals surface area contributed by atoms with E-state index >= 15 is 0 Å². The van der Waals surface area contributed by atoms with Crippen molar-refractivity contribution in [2.45, 2.75) is 10.8 Å². The van der Waals surface area contributed by atoms with Gasteiger partial charge in [0.15, 0.2) is 0 Å². The van der Waals surface area contributed by atoms with Gasteiger partial charge in [0, 0.05) is 18.5 Å². The SMILES string of the molecule is CN(Cc1cccs1)S(=O)(=O)c1ccc(C(N)=S)s1. The van der Waals surface area contributed by atoms with Gasteiger partial charge in [-0.15, -0.1) is 22.7 Å². The summed E-state index contributed by atoms with van der Waals surface area (Å²) in [5.41, 5.74) is 5.49. The van der Waals surface area contributed by atoms with Crippen LogP contribution >= 0.6 is 34.9 Å². The fourth-order valence-electron chi connectivity index (χ4n) is 1.45. The Balaban J connectivity index is 2.23. The van der Waals surface area contributed by atoms with Crippen molar-refractivity contribution in [2.75, 3.05) is 7.05 Å². The molecule has 0 saturated carbocycles. The molecule has 4 nitrogen and oxygen atoms in total. The van der Waals surface area contributed by atoms with Gasteiger partial charge in [-0.1, -0.05) is 18.3 Å². The summed E-state index contributed by atoms with van der Waals surface area (Å²) >= 11 is 7.46. The molecule has 0 amide bonds. The zero-order valence-electron chi connectivity index (χ0n) is 10.1. The van der Waals surface area contributed by atoms with Crippen molar-refractivity contribution in [1.82, 2.24) is 4.31 Å². The van der Waals surface area contributed by atoms with E-state index in [2.05, 4.69) is 0 Å². The molecule has 2 heterocycles. The molecule has 0 fully saturated rings. The van der Waals surface area contributed by atoms with Gasteiger partial charge in [-0.25, -0.2) is 8.42 Å². The lowest BCUT2D eigenvalue weighted by molar-refractivity contribution is 0.471. The maximum atomic E-state index is 12.4. The van der Waals surface area contributed by atoms with Gasteiger partial charge in [-0.3, -0.25) is 0 Å². The highest BCUT2D eigenvalue weighted by molar-refractivity contribution is 7.91. The van der Waals surface area contributed by atoms with Gasteiger partial charge in [0.1, 0.15) is 9.20 Å². The van der Waals surface area contributed by atoms with Crippen LogP contribution in [0.5, 0.6) is 0 Å². The van der Waals surface area contributed by atoms with E-state index in [0.29, 0.717) is 11.4 Å². The Morgan fingerprint density at radius 2 is 2.16 bits per heavy atom. The van der Waals surface area contributed by atoms with Gasteiger partial charge < -0.3 is 5.73 Å². The molecular weight excluding hydrogens is 320 g/mol. The number of hydrogen-bond acceptors (Lipinski definition) is 5. The number of rotatable bonds is 5. The summed E-state index contributed by atoms with van der Waals surface area (Å²) in [7, 11) is -1.92. The second-order valence-corrected chi connectivity index (χ2v) is 8.65. The van der Waals surface area contributed by atoms with E-state index in [9.17, 15) is 8.42 Å². The Kier molecular flexibility index (Phi) is 4.36. The third-order valence-electron chi connectivity index (χ3n) is 2.45. The van der Waals surface area contributed by atoms with E-state index in [1.807, 2.05) is 17.5 Å². The van der Waals surface area contributed by atoms with Crippen LogP contribution in [-0.2, 0) is 16.6 Å². The molecular formula is C11H12N2O2S4. The van der Waals surface area contributed by atoms with Crippen molar-refractivity contribution in [3.63, 3.8) is 0 Å². The van der Waals surface area contributed by atoms with E-state index in [1.54, 1.807) is 19.2 Å². The number of thiocarbonyl (C=S) groups is 1. The number of sulfonamides is 1. The van der Waals surface area contributed by atoms with Gasteiger partial charge in [0.2, 0.25) is 0 Å². The summed E-state index contributed by atoms with van der Waals surface area (Å²) in [6.07, 6.45) is 0. The number of nitrogens with zero attached hydrogens (tertiary/aromatic N) is 1. The third-order valence-corrected chi connectivity index (χ3v) is 7.05. The first-order chi connectivity index (χ1) is 8.91. The van der Waals surface area contributed by atoms with Crippen molar-refractivity contribution in [1.29, 1.82) is 0 Å². The largest absolute Gasteiger partial charge is 0.389 e. The average molecular weight is 332 g/mol. The summed E-state index contributed by atoms with van der Waals surface area (Å²) in [5.74, 6) is 0. The van der Waals surface area contributed by atoms with Crippen molar-refractivity contribution >= 4 is 49.9 Å². The van der Waals surface area contributed by atoms with E-state index < -0.39 is 10.0 Å². The predicted octanol–water partition coefficient (Wildman–Crippen LogP) is 2.26. The molecule has 2 rings (SSSR count). The Labute approximate surface area is 125 Å². The van der Waals surface area contributed by atoms with Gasteiger partial charge in [-0.2, -0.15) is 4.31 Å². The fraction of sp³-hybridized carbons (Fsp3) is 0.182. The Morgan fingerprint density at radius 1 is 1.42 bits per heavy atom. The highest BCUT2D eigenvalue weighted by atomic mass is 32.2. The molecule has 0 aliphatic rings. The second-order valence-electron chi connectivity index (χ2n) is 3.82. The normalized spacial score (nSPS) is 11.9. The van der Waals surface area contributed by atoms with Crippen LogP contribution in [0.1, 0.15) is 9.75 Å². The molecule has 0 aromatic carbocycles. The Bertz CT molecular complexity index is 673. The molecule has 0 saturated heterocycles. The first-order valence-electron chi connectivity index (χ1n) is 5.29. The van der Waals surface area contributed by atoms with Crippen LogP contribution in [-0.4, -0.2) is 24.8 Å². The first kappa shape index (κ1) is 14.6. The van der Waals surface area contributed by atoms with Crippen LogP contribution in [0.15, 0.2) is 33.9 Å². The highest BCUT2D eigenvalue weighted by Crippen LogP contribution is 2.25. The molecule has 19 heavy (non-hydrogen) atoms. The molecule has 102 valence electrons. The van der Waals surface area contributed by atoms with Crippen LogP contribution in [0.4, 0.5) is 0 Å². The van der Waals surface area contributed by atoms with E-state index in [0.717, 1.165) is 16.2 Å². The minimum absolute atomic E-state index is 0.215. The minimum Gasteiger partial charge on any atom is -0.389 e. The molecule has 0 radical (unpaired) electrons. The minimum atomic E-state index is -3.48. The summed E-state index contributed by atoms with van der Waals surface area (Å²) in [6, 6.07) is 6.99. The topological polar surface area (TPSA) is 63.4 Å². The van der Waals surface area contributed by atoms with Gasteiger partial charge in [0.25, 0.3) is 10.0 Å². The van der Waals surface area contributed by atoms with E-state index in [4.69, 9.17) is 18.0 Å². The molecule has 2 N–H and O–H groups in total. The monoisotopic (exact) mass is 332 g/mol. The standard InChI is InChI=1S/C11H12N2O2S4/c1-13(7-8-3-2-6-17-8)19(14,15)10-5-4-9(18-10)11(12)16/h2-6H,7H2,1H3,(H2,12,16). The predicted molar refractivity (Wildman–Crippen MR) is 83.2 cm³/mol. The second kappa shape index (κ2) is 5.68. The molecule has 0 atom stereocenters. The molecule has 0 aliphatic heterocycles. The zero-order chi connectivity index (χ0) is 14.0. The van der Waals surface area contributed by atoms with Crippen molar-refractivity contribution < 1.29 is 8.42 Å². The van der Waals surface area contributed by atoms with Crippen LogP contribution < -0.4 is 5.73 Å². The average Bonchev–Trinajstić information content (AvgIpc) is 2.99. The smallest absolute Gasteiger partial charge is 0.252 e. The quantitative estimate of drug-likeness (QED) is 0.853. The number of thiophene rings is 2. The van der Waals surface area contributed by atoms with E-state index in [1.165, 1.54) is 15.6 Å². The Morgan fingerprint density at radius 3 is 2.68 bits per heavy atom. The zero-order valence-corrected chi connectivity index (χ0v) is 13.3. The van der Waals surface area contributed by atoms with Crippen LogP contribution in [0.25, 0.3) is 0 Å². The Hall–Kier alpha value is -0.800. The number of nitrogens with two attached hydrogens (primary N) is 1. The van der Waals surface area contributed by atoms with Crippen LogP contribution in [0.2, 0.25) is 0 Å². The molecule has 0 unspecified atom stereocenters. The summed E-state index contributed by atoms with van der Waals surface area (Å²) in [4.78, 5) is 1.82. The molecule has 2 aromatic heterocycles. The third kappa shape index (κ3) is 3.21. The van der Waals surface area contributed by atoms with Crippen molar-refractivity contribution in [2.24, 2.45) is 5.73 Å². The van der Waals surface area contributed by atoms with Gasteiger partial charge in [0.05, 0.1) is 4.88 Å². The summed E-state index contributed by atoms with van der Waals surface area (Å²) in [5, 5.41) is 1.92. The van der Waals surface area contributed by atoms with Gasteiger partial charge >= 0.3 is 0 Å². The lowest BCUT2D eigenvalue weighted by Crippen LogP contribution is -2.25. The summed E-state index contributed by atoms with van der Waals surface area (Å²) in [6.45, 7) is 0.361. The van der Waals surface area contributed by atoms with Crippen LogP contribution in [0.3, 0.4) is 0 Å². The molecule has 0 aliphatic carbocycles. The van der Waals surface area contributed by atoms with Crippen molar-refractivity contribution in [3.05, 3.63) is 39.4 Å². The molecule has 0 spiro atoms. The highest BCUT2D eigenvalue weighted by Gasteiger charge is 2.23. The van der Waals surface area contributed by atoms with E-state index in [-0.39, 0.29) is 9.20 Å². The number of hydrogen-bond donors (Lipinski definition) is 1. The lowest BCUT2D eigenvalue weighted by atomic mass is 10.5. The lowest BCUT2D eigenvalue weighted by Gasteiger charge is -2.14. The molecule has 8 heteroatoms. The maximum Gasteiger partial charge on any atom is 0.252 e. The molecule has 0 bridgehead atoms. The summed E-state index contributed by atoms with van der Waals surface area (Å²) < 4.78 is 26.3. The fourth-order valence-corrected chi connectivity index (χ4v) is 5.00. The van der Waals surface area contributed by atoms with Gasteiger partial charge in [-0.05, 0) is 23.6 Å². The molecule has 2 aromatic rings. The maximum absolute atomic E-state index is 12.4. The van der Waals surface area contributed by atoms with Crippen molar-refractivity contribution in [3.8, 4) is 0 Å². The van der Waals surface area contributed by atoms with Crippen LogP contribution in [0, 0.1) is 0 Å².